The normalized spacial score (nSPS) is 34.1. The number of halogens is 6. The highest BCUT2D eigenvalue weighted by molar-refractivity contribution is 5.93. The molecule has 0 amide bonds. The maximum atomic E-state index is 13.2. The summed E-state index contributed by atoms with van der Waals surface area (Å²) in [5.74, 6) is -21.5. The van der Waals surface area contributed by atoms with Crippen LogP contribution in [0.25, 0.3) is 0 Å². The van der Waals surface area contributed by atoms with Crippen molar-refractivity contribution in [2.45, 2.75) is 203 Å². The Morgan fingerprint density at radius 2 is 0.722 bits per heavy atom. The van der Waals surface area contributed by atoms with Gasteiger partial charge in [0.1, 0.15) is 77.4 Å². The van der Waals surface area contributed by atoms with Crippen LogP contribution in [0.15, 0.2) is 48.6 Å². The van der Waals surface area contributed by atoms with Crippen molar-refractivity contribution in [3.05, 3.63) is 48.6 Å². The molecule has 8 bridgehead atoms. The monoisotopic (exact) mass is 1640 g/mol. The van der Waals surface area contributed by atoms with Gasteiger partial charge in [0.15, 0.2) is 45.2 Å². The smallest absolute Gasteiger partial charge is 0.422 e. The second-order valence-corrected chi connectivity index (χ2v) is 31.1. The Bertz CT molecular complexity index is 4020. The number of carbonyl (C=O) groups excluding carboxylic acids is 16. The molecule has 0 aromatic carbocycles. The van der Waals surface area contributed by atoms with Crippen molar-refractivity contribution in [3.8, 4) is 0 Å². The van der Waals surface area contributed by atoms with Crippen molar-refractivity contribution in [1.29, 1.82) is 0 Å². The van der Waals surface area contributed by atoms with Crippen molar-refractivity contribution in [2.24, 2.45) is 82.9 Å². The van der Waals surface area contributed by atoms with Crippen LogP contribution in [-0.4, -0.2) is 220 Å². The lowest BCUT2D eigenvalue weighted by atomic mass is 9.78. The van der Waals surface area contributed by atoms with Crippen molar-refractivity contribution in [2.75, 3.05) is 40.1 Å². The minimum atomic E-state index is -4.98. The zero-order chi connectivity index (χ0) is 84.2. The summed E-state index contributed by atoms with van der Waals surface area (Å²) < 4.78 is 162. The number of ether oxygens (including phenoxy) is 17. The summed E-state index contributed by atoms with van der Waals surface area (Å²) in [5, 5.41) is 0. The summed E-state index contributed by atoms with van der Waals surface area (Å²) in [7, 11) is 1.20. The molecule has 14 rings (SSSR count). The van der Waals surface area contributed by atoms with E-state index in [1.807, 2.05) is 13.8 Å². The molecule has 630 valence electrons. The van der Waals surface area contributed by atoms with Crippen molar-refractivity contribution in [3.63, 3.8) is 0 Å². The van der Waals surface area contributed by atoms with E-state index in [0.717, 1.165) is 57.8 Å². The summed E-state index contributed by atoms with van der Waals surface area (Å²) >= 11 is 0. The lowest BCUT2D eigenvalue weighted by Crippen LogP contribution is -2.48. The Labute approximate surface area is 651 Å². The Morgan fingerprint density at radius 3 is 1.04 bits per heavy atom. The fourth-order valence-corrected chi connectivity index (χ4v) is 19.0. The topological polar surface area (TPSA) is 430 Å². The van der Waals surface area contributed by atoms with Gasteiger partial charge in [-0.2, -0.15) is 26.3 Å². The summed E-state index contributed by atoms with van der Waals surface area (Å²) in [6.45, 7) is 16.3. The van der Waals surface area contributed by atoms with E-state index in [-0.39, 0.29) is 46.9 Å². The molecular formula is C76H86F6O33. The molecule has 24 unspecified atom stereocenters. The van der Waals surface area contributed by atoms with E-state index in [1.165, 1.54) is 27.9 Å². The average molecular weight is 1640 g/mol. The van der Waals surface area contributed by atoms with Gasteiger partial charge in [0, 0.05) is 52.2 Å². The lowest BCUT2D eigenvalue weighted by molar-refractivity contribution is -0.193. The van der Waals surface area contributed by atoms with Crippen LogP contribution in [0.2, 0.25) is 0 Å². The molecule has 0 aromatic heterocycles. The molecule has 115 heavy (non-hydrogen) atoms. The molecule has 24 atom stereocenters. The highest BCUT2D eigenvalue weighted by atomic mass is 19.4. The van der Waals surface area contributed by atoms with E-state index in [9.17, 15) is 103 Å². The van der Waals surface area contributed by atoms with Crippen LogP contribution < -0.4 is 0 Å². The summed E-state index contributed by atoms with van der Waals surface area (Å²) in [5.41, 5.74) is -2.36. The van der Waals surface area contributed by atoms with Gasteiger partial charge in [-0.05, 0) is 104 Å². The molecule has 6 heterocycles. The highest BCUT2D eigenvalue weighted by Gasteiger charge is 2.75. The number of carbonyl (C=O) groups is 16. The van der Waals surface area contributed by atoms with E-state index < -0.39 is 278 Å². The molecule has 0 spiro atoms. The molecule has 8 aliphatic carbocycles. The third kappa shape index (κ3) is 17.3. The second-order valence-electron chi connectivity index (χ2n) is 31.1. The number of methoxy groups -OCH3 is 1. The quantitative estimate of drug-likeness (QED) is 0.0513. The first-order chi connectivity index (χ1) is 54.1. The first kappa shape index (κ1) is 85.9. The molecule has 33 nitrogen and oxygen atoms in total. The molecule has 14 aliphatic rings. The number of hydrogen-bond donors (Lipinski definition) is 0. The first-order valence-electron chi connectivity index (χ1n) is 37.5. The van der Waals surface area contributed by atoms with Gasteiger partial charge in [-0.25, -0.2) is 38.4 Å². The Hall–Kier alpha value is -9.98. The second kappa shape index (κ2) is 33.7. The predicted molar refractivity (Wildman–Crippen MR) is 358 cm³/mol. The van der Waals surface area contributed by atoms with Crippen LogP contribution in [0, 0.1) is 82.9 Å². The Kier molecular flexibility index (Phi) is 25.2. The molecular weight excluding hydrogens is 1550 g/mol. The van der Waals surface area contributed by atoms with Crippen LogP contribution in [0.5, 0.6) is 0 Å². The van der Waals surface area contributed by atoms with Gasteiger partial charge in [0.05, 0.1) is 42.6 Å². The zero-order valence-corrected chi connectivity index (χ0v) is 63.2. The lowest BCUT2D eigenvalue weighted by Gasteiger charge is -2.34. The molecule has 0 N–H and O–H groups in total. The van der Waals surface area contributed by atoms with Crippen LogP contribution >= 0.6 is 0 Å². The number of fused-ring (bicyclic) bond motifs is 4. The molecule has 8 saturated carbocycles. The fourth-order valence-electron chi connectivity index (χ4n) is 19.0. The van der Waals surface area contributed by atoms with Gasteiger partial charge in [-0.15, -0.1) is 0 Å². The van der Waals surface area contributed by atoms with E-state index >= 15 is 0 Å². The molecule has 14 fully saturated rings. The highest BCUT2D eigenvalue weighted by Crippen LogP contribution is 2.63. The van der Waals surface area contributed by atoms with E-state index in [4.69, 9.17) is 66.3 Å². The zero-order valence-electron chi connectivity index (χ0n) is 63.2. The SMILES string of the molecule is C=C(C(=O)OCC(=O)OC1C2CC3C1OC(=O)C3C2C(=O)OC1(CC)CCCC1)C(F)(F)F.C=C(C)C(=O)OCC(=O)OC1C2CC3C1OC(=O)C3C2C(=O)OC1(CC)CCCC1.C=C(C)C(=O)OCC(=O)OC1C2CC3C1OC(=O)C3C2C(=O)OCC(F)(F)F.C=C(C)C(=O)OCC(=O)OC1C2OC(=O)C3C2OC1C3C(=O)OC. The van der Waals surface area contributed by atoms with Crippen LogP contribution in [0.1, 0.15) is 118 Å². The molecule has 39 heteroatoms. The number of rotatable bonds is 25. The first-order valence-corrected chi connectivity index (χ1v) is 37.5. The number of alkyl halides is 6. The van der Waals surface area contributed by atoms with E-state index in [0.29, 0.717) is 19.3 Å². The van der Waals surface area contributed by atoms with Gasteiger partial charge in [-0.3, -0.25) is 38.4 Å². The minimum absolute atomic E-state index is 0.0766. The third-order valence-corrected chi connectivity index (χ3v) is 24.2. The molecule has 0 radical (unpaired) electrons. The van der Waals surface area contributed by atoms with Gasteiger partial charge in [0.2, 0.25) is 0 Å². The maximum absolute atomic E-state index is 13.2. The fraction of sp³-hybridized carbons (Fsp3) is 0.684. The van der Waals surface area contributed by atoms with Crippen molar-refractivity contribution in [1.82, 2.24) is 0 Å². The Balaban J connectivity index is 0.000000152. The largest absolute Gasteiger partial charge is 0.469 e. The Morgan fingerprint density at radius 1 is 0.400 bits per heavy atom. The third-order valence-electron chi connectivity index (χ3n) is 24.2. The summed E-state index contributed by atoms with van der Waals surface area (Å²) in [6.07, 6.45) is -7.90. The molecule has 0 aromatic rings. The predicted octanol–water partition coefficient (Wildman–Crippen LogP) is 4.78. The van der Waals surface area contributed by atoms with Gasteiger partial charge in [0.25, 0.3) is 0 Å². The molecule has 6 aliphatic heterocycles. The number of hydrogen-bond acceptors (Lipinski definition) is 33. The molecule has 6 saturated heterocycles. The van der Waals surface area contributed by atoms with Crippen LogP contribution in [-0.2, 0) is 157 Å². The van der Waals surface area contributed by atoms with Crippen LogP contribution in [0.4, 0.5) is 26.3 Å². The van der Waals surface area contributed by atoms with E-state index in [2.05, 4.69) is 40.5 Å². The van der Waals surface area contributed by atoms with Gasteiger partial charge in [-0.1, -0.05) is 40.2 Å². The number of esters is 16. The average Bonchev–Trinajstić information content (AvgIpc) is 1.61. The van der Waals surface area contributed by atoms with Crippen LogP contribution in [0.3, 0.4) is 0 Å². The summed E-state index contributed by atoms with van der Waals surface area (Å²) in [6, 6.07) is 0. The minimum Gasteiger partial charge on any atom is -0.469 e. The van der Waals surface area contributed by atoms with Gasteiger partial charge < -0.3 is 80.5 Å². The maximum Gasteiger partial charge on any atom is 0.422 e. The van der Waals surface area contributed by atoms with E-state index in [1.54, 1.807) is 0 Å². The summed E-state index contributed by atoms with van der Waals surface area (Å²) in [4.78, 5) is 193. The standard InChI is InChI=1S/C22H25F3O8.C22H28O8.C17H17F3O8.C15H16O9/c1-3-21(6-4-5-7-21)33-20(29)15-12-8-11-14(15)19(28)32-17(11)16(12)31-13(26)9-30-18(27)10(2)22(23,24)25;1-4-22(7-5-6-8-22)30-21(26)16-13-9-12-15(16)20(25)29-18(12)17(13)28-14(23)10-27-19(24)11(2)3;1-6(2)14(22)25-4-9(21)27-12-7-3-8-11(16(24)28-13(8)12)10(7)15(23)26-5-17(18,19)20;1-5(2)13(17)21-4-6(16)22-11-9-7(14(18)20-3)8-10(23-9)12(11)24-15(8)19/h11-12,14-17H,2-9H2,1H3;12-13,15-18H,2,4-10H2,1,3H3;7-8,10-13H,1,3-5H2,2H3;7-12H,1,4H2,2-3H3. The van der Waals surface area contributed by atoms with Crippen molar-refractivity contribution < 1.29 is 184 Å². The van der Waals surface area contributed by atoms with Gasteiger partial charge >= 0.3 is 108 Å². The van der Waals surface area contributed by atoms with Crippen molar-refractivity contribution >= 4 is 95.5 Å².